The van der Waals surface area contributed by atoms with Gasteiger partial charge in [-0.3, -0.25) is 0 Å². The third-order valence-electron chi connectivity index (χ3n) is 1.55. The van der Waals surface area contributed by atoms with E-state index in [0.29, 0.717) is 5.69 Å². The Kier molecular flexibility index (Phi) is 2.76. The minimum absolute atomic E-state index is 0.0732. The molecule has 0 spiro atoms. The number of nitrogen functional groups attached to an aromatic ring is 1. The van der Waals surface area contributed by atoms with Gasteiger partial charge in [-0.1, -0.05) is 0 Å². The van der Waals surface area contributed by atoms with Gasteiger partial charge in [0.25, 0.3) is 0 Å². The van der Waals surface area contributed by atoms with Crippen molar-refractivity contribution in [1.82, 2.24) is 0 Å². The van der Waals surface area contributed by atoms with Crippen LogP contribution < -0.4 is 10.8 Å². The molecule has 0 unspecified atom stereocenters. The second kappa shape index (κ2) is 3.67. The van der Waals surface area contributed by atoms with Crippen LogP contribution in [0.4, 0.5) is 5.69 Å². The Bertz CT molecular complexity index is 435. The molecule has 0 saturated heterocycles. The summed E-state index contributed by atoms with van der Waals surface area (Å²) in [5.74, 6) is -2.64. The number of sulfone groups is 1. The van der Waals surface area contributed by atoms with E-state index >= 15 is 0 Å². The third kappa shape index (κ3) is 2.46. The van der Waals surface area contributed by atoms with Gasteiger partial charge in [-0.05, 0) is 24.3 Å². The summed E-state index contributed by atoms with van der Waals surface area (Å²) in [5.41, 5.74) is 5.76. The summed E-state index contributed by atoms with van der Waals surface area (Å²) >= 11 is 0. The van der Waals surface area contributed by atoms with E-state index in [1.807, 2.05) is 0 Å². The minimum atomic E-state index is -3.79. The average molecular weight is 214 g/mol. The normalized spacial score (nSPS) is 11.1. The molecule has 5 nitrogen and oxygen atoms in total. The van der Waals surface area contributed by atoms with E-state index < -0.39 is 21.6 Å². The predicted molar refractivity (Wildman–Crippen MR) is 47.9 cm³/mol. The number of nitrogens with two attached hydrogens (primary N) is 1. The Morgan fingerprint density at radius 3 is 2.21 bits per heavy atom. The van der Waals surface area contributed by atoms with Crippen molar-refractivity contribution in [2.45, 2.75) is 4.90 Å². The topological polar surface area (TPSA) is 100 Å². The molecule has 0 atom stereocenters. The molecule has 0 amide bonds. The number of rotatable bonds is 3. The number of aliphatic carboxylic acids is 1. The van der Waals surface area contributed by atoms with E-state index in [1.165, 1.54) is 24.3 Å². The van der Waals surface area contributed by atoms with Crippen molar-refractivity contribution < 1.29 is 18.3 Å². The SMILES string of the molecule is Nc1ccc(S(=O)(=O)CC(=O)[O-])cc1. The Balaban J connectivity index is 3.05. The molecule has 0 bridgehead atoms. The minimum Gasteiger partial charge on any atom is -0.549 e. The van der Waals surface area contributed by atoms with E-state index in [2.05, 4.69) is 0 Å². The zero-order chi connectivity index (χ0) is 10.8. The van der Waals surface area contributed by atoms with Crippen LogP contribution in [0.3, 0.4) is 0 Å². The van der Waals surface area contributed by atoms with E-state index in [-0.39, 0.29) is 4.90 Å². The molecule has 76 valence electrons. The number of carboxylic acids is 1. The first-order valence-electron chi connectivity index (χ1n) is 3.70. The Morgan fingerprint density at radius 2 is 1.79 bits per heavy atom. The standard InChI is InChI=1S/C8H9NO4S/c9-6-1-3-7(4-2-6)14(12,13)5-8(10)11/h1-4H,5,9H2,(H,10,11)/p-1. The predicted octanol–water partition coefficient (Wildman–Crippen LogP) is -1.21. The second-order valence-electron chi connectivity index (χ2n) is 2.70. The summed E-state index contributed by atoms with van der Waals surface area (Å²) in [4.78, 5) is 10.1. The summed E-state index contributed by atoms with van der Waals surface area (Å²) in [7, 11) is -3.79. The molecule has 0 aliphatic rings. The third-order valence-corrected chi connectivity index (χ3v) is 3.15. The van der Waals surface area contributed by atoms with E-state index in [9.17, 15) is 18.3 Å². The lowest BCUT2D eigenvalue weighted by Crippen LogP contribution is -2.30. The number of carboxylic acid groups (broad SMARTS) is 1. The molecule has 1 aromatic carbocycles. The zero-order valence-electron chi connectivity index (χ0n) is 7.14. The zero-order valence-corrected chi connectivity index (χ0v) is 7.95. The van der Waals surface area contributed by atoms with E-state index in [1.54, 1.807) is 0 Å². The number of benzene rings is 1. The fourth-order valence-electron chi connectivity index (χ4n) is 0.914. The van der Waals surface area contributed by atoms with Gasteiger partial charge in [0.05, 0.1) is 16.6 Å². The molecule has 6 heteroatoms. The highest BCUT2D eigenvalue weighted by molar-refractivity contribution is 7.92. The molecule has 0 heterocycles. The molecule has 0 radical (unpaired) electrons. The average Bonchev–Trinajstić information content (AvgIpc) is 2.02. The summed E-state index contributed by atoms with van der Waals surface area (Å²) in [6.07, 6.45) is 0. The van der Waals surface area contributed by atoms with Crippen molar-refractivity contribution in [3.63, 3.8) is 0 Å². The maximum Gasteiger partial charge on any atom is 0.183 e. The number of carbonyl (C=O) groups excluding carboxylic acids is 1. The summed E-state index contributed by atoms with van der Waals surface area (Å²) in [5, 5.41) is 10.1. The Labute approximate surface area is 81.1 Å². The van der Waals surface area contributed by atoms with Gasteiger partial charge in [0.15, 0.2) is 9.84 Å². The van der Waals surface area contributed by atoms with Gasteiger partial charge in [0, 0.05) is 5.69 Å². The first-order valence-corrected chi connectivity index (χ1v) is 5.35. The second-order valence-corrected chi connectivity index (χ2v) is 4.69. The summed E-state index contributed by atoms with van der Waals surface area (Å²) in [6, 6.07) is 5.30. The van der Waals surface area contributed by atoms with Crippen LogP contribution >= 0.6 is 0 Å². The number of hydrogen-bond donors (Lipinski definition) is 1. The van der Waals surface area contributed by atoms with Crippen LogP contribution in [0.2, 0.25) is 0 Å². The highest BCUT2D eigenvalue weighted by Gasteiger charge is 2.13. The molecule has 0 saturated carbocycles. The lowest BCUT2D eigenvalue weighted by molar-refractivity contribution is -0.301. The molecule has 0 aliphatic heterocycles. The first kappa shape index (κ1) is 10.5. The monoisotopic (exact) mass is 214 g/mol. The van der Waals surface area contributed by atoms with Gasteiger partial charge < -0.3 is 15.6 Å². The molecular formula is C8H8NO4S-. The number of hydrogen-bond acceptors (Lipinski definition) is 5. The van der Waals surface area contributed by atoms with Crippen LogP contribution in [0, 0.1) is 0 Å². The van der Waals surface area contributed by atoms with Gasteiger partial charge in [-0.15, -0.1) is 0 Å². The van der Waals surface area contributed by atoms with Crippen molar-refractivity contribution in [1.29, 1.82) is 0 Å². The van der Waals surface area contributed by atoms with Crippen LogP contribution in [0.25, 0.3) is 0 Å². The van der Waals surface area contributed by atoms with Crippen molar-refractivity contribution in [3.05, 3.63) is 24.3 Å². The van der Waals surface area contributed by atoms with E-state index in [0.717, 1.165) is 0 Å². The first-order chi connectivity index (χ1) is 6.42. The number of anilines is 1. The highest BCUT2D eigenvalue weighted by atomic mass is 32.2. The largest absolute Gasteiger partial charge is 0.549 e. The molecule has 0 aromatic heterocycles. The summed E-state index contributed by atoms with van der Waals surface area (Å²) in [6.45, 7) is 0. The lowest BCUT2D eigenvalue weighted by Gasteiger charge is -2.04. The van der Waals surface area contributed by atoms with Crippen LogP contribution in [0.5, 0.6) is 0 Å². The maximum atomic E-state index is 11.3. The van der Waals surface area contributed by atoms with Crippen LogP contribution in [0.15, 0.2) is 29.2 Å². The van der Waals surface area contributed by atoms with Crippen LogP contribution in [0.1, 0.15) is 0 Å². The lowest BCUT2D eigenvalue weighted by atomic mass is 10.3. The van der Waals surface area contributed by atoms with E-state index in [4.69, 9.17) is 5.73 Å². The molecule has 0 aliphatic carbocycles. The number of carbonyl (C=O) groups is 1. The van der Waals surface area contributed by atoms with Gasteiger partial charge in [-0.25, -0.2) is 8.42 Å². The van der Waals surface area contributed by atoms with Crippen LogP contribution in [-0.4, -0.2) is 20.1 Å². The molecular weight excluding hydrogens is 206 g/mol. The molecule has 1 aromatic rings. The van der Waals surface area contributed by atoms with Gasteiger partial charge in [0.2, 0.25) is 0 Å². The van der Waals surface area contributed by atoms with Crippen molar-refractivity contribution >= 4 is 21.5 Å². The fourth-order valence-corrected chi connectivity index (χ4v) is 1.94. The molecule has 2 N–H and O–H groups in total. The maximum absolute atomic E-state index is 11.3. The Morgan fingerprint density at radius 1 is 1.29 bits per heavy atom. The van der Waals surface area contributed by atoms with Gasteiger partial charge >= 0.3 is 0 Å². The molecule has 14 heavy (non-hydrogen) atoms. The van der Waals surface area contributed by atoms with Crippen molar-refractivity contribution in [2.24, 2.45) is 0 Å². The van der Waals surface area contributed by atoms with Crippen molar-refractivity contribution in [3.8, 4) is 0 Å². The molecule has 1 rings (SSSR count). The molecule has 0 fully saturated rings. The fraction of sp³-hybridized carbons (Fsp3) is 0.125. The van der Waals surface area contributed by atoms with Gasteiger partial charge in [-0.2, -0.15) is 0 Å². The van der Waals surface area contributed by atoms with Crippen LogP contribution in [-0.2, 0) is 14.6 Å². The van der Waals surface area contributed by atoms with Crippen molar-refractivity contribution in [2.75, 3.05) is 11.5 Å². The Hall–Kier alpha value is -1.56. The highest BCUT2D eigenvalue weighted by Crippen LogP contribution is 2.12. The smallest absolute Gasteiger partial charge is 0.183 e. The van der Waals surface area contributed by atoms with Gasteiger partial charge in [0.1, 0.15) is 0 Å². The quantitative estimate of drug-likeness (QED) is 0.636. The summed E-state index contributed by atoms with van der Waals surface area (Å²) < 4.78 is 22.6.